The number of hydrogen-bond acceptors (Lipinski definition) is 4. The molecular formula is C10H14N4O3. The molecule has 0 aromatic carbocycles. The van der Waals surface area contributed by atoms with Gasteiger partial charge in [-0.1, -0.05) is 0 Å². The van der Waals surface area contributed by atoms with Crippen LogP contribution in [0, 0.1) is 0 Å². The van der Waals surface area contributed by atoms with E-state index in [1.807, 2.05) is 6.92 Å². The third kappa shape index (κ3) is 2.13. The van der Waals surface area contributed by atoms with Crippen molar-refractivity contribution in [3.8, 4) is 0 Å². The lowest BCUT2D eigenvalue weighted by atomic mass is 10.2. The monoisotopic (exact) mass is 238 g/mol. The topological polar surface area (TPSA) is 88.3 Å². The standard InChI is InChI=1S/C10H14N4O3/c1-2-14-8(11-6-12-14)5-13-7(10(16)17)3-4-9(13)15/h6-7H,2-5H2,1H3,(H,16,17). The molecule has 92 valence electrons. The molecule has 0 saturated carbocycles. The third-order valence-electron chi connectivity index (χ3n) is 2.92. The van der Waals surface area contributed by atoms with Crippen LogP contribution in [0.1, 0.15) is 25.6 Å². The molecular weight excluding hydrogens is 224 g/mol. The fraction of sp³-hybridized carbons (Fsp3) is 0.600. The summed E-state index contributed by atoms with van der Waals surface area (Å²) in [5.74, 6) is -0.476. The Labute approximate surface area is 98.0 Å². The molecule has 1 unspecified atom stereocenters. The molecule has 1 aliphatic rings. The van der Waals surface area contributed by atoms with E-state index in [2.05, 4.69) is 10.1 Å². The van der Waals surface area contributed by atoms with E-state index in [4.69, 9.17) is 5.11 Å². The minimum absolute atomic E-state index is 0.136. The molecule has 1 aromatic heterocycles. The van der Waals surface area contributed by atoms with E-state index in [0.717, 1.165) is 0 Å². The van der Waals surface area contributed by atoms with Gasteiger partial charge in [-0.25, -0.2) is 14.5 Å². The number of rotatable bonds is 4. The molecule has 1 fully saturated rings. The van der Waals surface area contributed by atoms with Crippen molar-refractivity contribution in [2.45, 2.75) is 38.9 Å². The summed E-state index contributed by atoms with van der Waals surface area (Å²) in [6.07, 6.45) is 2.07. The molecule has 17 heavy (non-hydrogen) atoms. The Morgan fingerprint density at radius 3 is 3.06 bits per heavy atom. The average Bonchev–Trinajstić information content (AvgIpc) is 2.87. The fourth-order valence-corrected chi connectivity index (χ4v) is 2.02. The third-order valence-corrected chi connectivity index (χ3v) is 2.92. The van der Waals surface area contributed by atoms with Gasteiger partial charge in [0.25, 0.3) is 0 Å². The van der Waals surface area contributed by atoms with Crippen LogP contribution in [0.3, 0.4) is 0 Å². The highest BCUT2D eigenvalue weighted by molar-refractivity contribution is 5.87. The summed E-state index contributed by atoms with van der Waals surface area (Å²) in [4.78, 5) is 28.0. The number of aromatic nitrogens is 3. The molecule has 1 N–H and O–H groups in total. The predicted octanol–water partition coefficient (Wildman–Crippen LogP) is -0.126. The zero-order valence-corrected chi connectivity index (χ0v) is 9.54. The van der Waals surface area contributed by atoms with Gasteiger partial charge in [0.2, 0.25) is 5.91 Å². The molecule has 0 radical (unpaired) electrons. The van der Waals surface area contributed by atoms with Gasteiger partial charge in [-0.05, 0) is 13.3 Å². The maximum Gasteiger partial charge on any atom is 0.326 e. The van der Waals surface area contributed by atoms with Crippen molar-refractivity contribution in [2.75, 3.05) is 0 Å². The van der Waals surface area contributed by atoms with Crippen LogP contribution in [0.4, 0.5) is 0 Å². The minimum Gasteiger partial charge on any atom is -0.480 e. The van der Waals surface area contributed by atoms with Crippen molar-refractivity contribution in [3.05, 3.63) is 12.2 Å². The molecule has 7 heteroatoms. The molecule has 2 heterocycles. The van der Waals surface area contributed by atoms with Crippen molar-refractivity contribution in [1.82, 2.24) is 19.7 Å². The van der Waals surface area contributed by atoms with Gasteiger partial charge in [0.15, 0.2) is 0 Å². The van der Waals surface area contributed by atoms with Crippen molar-refractivity contribution in [2.24, 2.45) is 0 Å². The smallest absolute Gasteiger partial charge is 0.326 e. The van der Waals surface area contributed by atoms with E-state index in [1.165, 1.54) is 11.2 Å². The summed E-state index contributed by atoms with van der Waals surface area (Å²) in [5.41, 5.74) is 0. The first-order chi connectivity index (χ1) is 8.13. The Morgan fingerprint density at radius 1 is 1.65 bits per heavy atom. The number of nitrogens with zero attached hydrogens (tertiary/aromatic N) is 4. The molecule has 0 bridgehead atoms. The number of likely N-dealkylation sites (tertiary alicyclic amines) is 1. The summed E-state index contributed by atoms with van der Waals surface area (Å²) in [6, 6.07) is -0.732. The summed E-state index contributed by atoms with van der Waals surface area (Å²) >= 11 is 0. The Hall–Kier alpha value is -1.92. The van der Waals surface area contributed by atoms with Crippen LogP contribution in [0.15, 0.2) is 6.33 Å². The highest BCUT2D eigenvalue weighted by Gasteiger charge is 2.36. The lowest BCUT2D eigenvalue weighted by Gasteiger charge is -2.20. The van der Waals surface area contributed by atoms with Gasteiger partial charge >= 0.3 is 5.97 Å². The number of carboxylic acid groups (broad SMARTS) is 1. The van der Waals surface area contributed by atoms with Crippen molar-refractivity contribution >= 4 is 11.9 Å². The van der Waals surface area contributed by atoms with Crippen LogP contribution in [0.5, 0.6) is 0 Å². The number of aryl methyl sites for hydroxylation is 1. The highest BCUT2D eigenvalue weighted by atomic mass is 16.4. The normalized spacial score (nSPS) is 19.9. The average molecular weight is 238 g/mol. The Bertz CT molecular complexity index is 443. The summed E-state index contributed by atoms with van der Waals surface area (Å²) in [7, 11) is 0. The van der Waals surface area contributed by atoms with Crippen LogP contribution >= 0.6 is 0 Å². The van der Waals surface area contributed by atoms with E-state index >= 15 is 0 Å². The summed E-state index contributed by atoms with van der Waals surface area (Å²) in [6.45, 7) is 2.78. The van der Waals surface area contributed by atoms with Crippen LogP contribution in [0.25, 0.3) is 0 Å². The van der Waals surface area contributed by atoms with Gasteiger partial charge in [-0.2, -0.15) is 5.10 Å². The number of aliphatic carboxylic acids is 1. The molecule has 1 aliphatic heterocycles. The number of hydrogen-bond donors (Lipinski definition) is 1. The molecule has 7 nitrogen and oxygen atoms in total. The first-order valence-electron chi connectivity index (χ1n) is 5.52. The van der Waals surface area contributed by atoms with Crippen molar-refractivity contribution in [1.29, 1.82) is 0 Å². The summed E-state index contributed by atoms with van der Waals surface area (Å²) < 4.78 is 1.66. The van der Waals surface area contributed by atoms with E-state index in [9.17, 15) is 9.59 Å². The number of carboxylic acids is 1. The van der Waals surface area contributed by atoms with Crippen molar-refractivity contribution < 1.29 is 14.7 Å². The SMILES string of the molecule is CCn1ncnc1CN1C(=O)CCC1C(=O)O. The largest absolute Gasteiger partial charge is 0.480 e. The number of carbonyl (C=O) groups excluding carboxylic acids is 1. The molecule has 1 atom stereocenters. The quantitative estimate of drug-likeness (QED) is 0.789. The van der Waals surface area contributed by atoms with E-state index < -0.39 is 12.0 Å². The first-order valence-corrected chi connectivity index (χ1v) is 5.52. The van der Waals surface area contributed by atoms with Gasteiger partial charge in [0.1, 0.15) is 18.2 Å². The van der Waals surface area contributed by atoms with Crippen LogP contribution in [0.2, 0.25) is 0 Å². The molecule has 0 spiro atoms. The van der Waals surface area contributed by atoms with Gasteiger partial charge < -0.3 is 10.0 Å². The van der Waals surface area contributed by atoms with E-state index in [-0.39, 0.29) is 18.9 Å². The Morgan fingerprint density at radius 2 is 2.41 bits per heavy atom. The highest BCUT2D eigenvalue weighted by Crippen LogP contribution is 2.20. The second-order valence-corrected chi connectivity index (χ2v) is 3.91. The maximum atomic E-state index is 11.6. The van der Waals surface area contributed by atoms with Gasteiger partial charge in [-0.3, -0.25) is 4.79 Å². The number of amides is 1. The van der Waals surface area contributed by atoms with E-state index in [1.54, 1.807) is 4.68 Å². The predicted molar refractivity (Wildman–Crippen MR) is 56.9 cm³/mol. The lowest BCUT2D eigenvalue weighted by Crippen LogP contribution is -2.38. The Balaban J connectivity index is 2.16. The van der Waals surface area contributed by atoms with Gasteiger partial charge in [-0.15, -0.1) is 0 Å². The van der Waals surface area contributed by atoms with Crippen LogP contribution in [-0.2, 0) is 22.7 Å². The lowest BCUT2D eigenvalue weighted by molar-refractivity contribution is -0.146. The summed E-state index contributed by atoms with van der Waals surface area (Å²) in [5, 5.41) is 13.0. The fourth-order valence-electron chi connectivity index (χ4n) is 2.02. The molecule has 1 amide bonds. The molecule has 2 rings (SSSR count). The molecule has 1 saturated heterocycles. The van der Waals surface area contributed by atoms with Gasteiger partial charge in [0.05, 0.1) is 6.54 Å². The minimum atomic E-state index is -0.960. The molecule has 0 aliphatic carbocycles. The van der Waals surface area contributed by atoms with Crippen LogP contribution in [-0.4, -0.2) is 42.7 Å². The second kappa shape index (κ2) is 4.52. The van der Waals surface area contributed by atoms with Gasteiger partial charge in [0, 0.05) is 13.0 Å². The van der Waals surface area contributed by atoms with Crippen LogP contribution < -0.4 is 0 Å². The first kappa shape index (κ1) is 11.6. The maximum absolute atomic E-state index is 11.6. The van der Waals surface area contributed by atoms with Crippen molar-refractivity contribution in [3.63, 3.8) is 0 Å². The zero-order chi connectivity index (χ0) is 12.4. The molecule has 1 aromatic rings. The number of carbonyl (C=O) groups is 2. The zero-order valence-electron chi connectivity index (χ0n) is 9.54. The Kier molecular flexibility index (Phi) is 3.08. The van der Waals surface area contributed by atoms with E-state index in [0.29, 0.717) is 18.8 Å². The second-order valence-electron chi connectivity index (χ2n) is 3.91.